The molecule has 0 aliphatic heterocycles. The minimum Gasteiger partial charge on any atom is -0.493 e. The van der Waals surface area contributed by atoms with Gasteiger partial charge in [-0.05, 0) is 123 Å². The average molecular weight is 785 g/mol. The summed E-state index contributed by atoms with van der Waals surface area (Å²) in [6, 6.07) is 51.1. The maximum Gasteiger partial charge on any atom is 0.179 e. The highest BCUT2D eigenvalue weighted by atomic mass is 28.3. The monoisotopic (exact) mass is 784 g/mol. The van der Waals surface area contributed by atoms with E-state index in [0.29, 0.717) is 11.8 Å². The van der Waals surface area contributed by atoms with Crippen molar-refractivity contribution in [3.8, 4) is 33.8 Å². The van der Waals surface area contributed by atoms with Gasteiger partial charge in [-0.25, -0.2) is 0 Å². The second-order valence-corrected chi connectivity index (χ2v) is 20.7. The Labute approximate surface area is 350 Å². The number of hydrogen-bond donors (Lipinski definition) is 0. The van der Waals surface area contributed by atoms with Gasteiger partial charge in [0, 0.05) is 0 Å². The first-order valence-corrected chi connectivity index (χ1v) is 24.2. The highest BCUT2D eigenvalue weighted by Gasteiger charge is 2.41. The van der Waals surface area contributed by atoms with Crippen molar-refractivity contribution in [1.29, 1.82) is 0 Å². The molecule has 0 amide bonds. The third kappa shape index (κ3) is 9.06. The number of fused-ring (bicyclic) bond motifs is 3. The van der Waals surface area contributed by atoms with Crippen LogP contribution in [0.5, 0.6) is 11.5 Å². The van der Waals surface area contributed by atoms with Gasteiger partial charge in [0.15, 0.2) is 8.07 Å². The van der Waals surface area contributed by atoms with Crippen molar-refractivity contribution in [2.45, 2.75) is 99.3 Å². The summed E-state index contributed by atoms with van der Waals surface area (Å²) in [5.74, 6) is 3.08. The van der Waals surface area contributed by atoms with Crippen molar-refractivity contribution >= 4 is 28.8 Å². The zero-order valence-corrected chi connectivity index (χ0v) is 37.0. The van der Waals surface area contributed by atoms with Crippen LogP contribution in [0.1, 0.15) is 101 Å². The number of aryl methyl sites for hydroxylation is 2. The van der Waals surface area contributed by atoms with E-state index < -0.39 is 8.07 Å². The molecule has 300 valence electrons. The lowest BCUT2D eigenvalue weighted by molar-refractivity contribution is 0.233. The molecule has 0 aromatic heterocycles. The van der Waals surface area contributed by atoms with Crippen molar-refractivity contribution in [1.82, 2.24) is 0 Å². The molecule has 0 spiro atoms. The number of ether oxygens (including phenoxy) is 2. The van der Waals surface area contributed by atoms with Crippen molar-refractivity contribution in [3.63, 3.8) is 0 Å². The van der Waals surface area contributed by atoms with Crippen LogP contribution in [0.2, 0.25) is 0 Å². The third-order valence-electron chi connectivity index (χ3n) is 12.8. The van der Waals surface area contributed by atoms with Gasteiger partial charge in [-0.2, -0.15) is 0 Å². The highest BCUT2D eigenvalue weighted by molar-refractivity contribution is 7.19. The first kappa shape index (κ1) is 41.3. The van der Waals surface area contributed by atoms with Crippen LogP contribution < -0.4 is 30.2 Å². The van der Waals surface area contributed by atoms with Crippen LogP contribution >= 0.6 is 0 Å². The number of hydrogen-bond acceptors (Lipinski definition) is 2. The fourth-order valence-electron chi connectivity index (χ4n) is 9.06. The van der Waals surface area contributed by atoms with E-state index in [1.807, 2.05) is 0 Å². The Morgan fingerprint density at radius 2 is 0.879 bits per heavy atom. The van der Waals surface area contributed by atoms with Crippen LogP contribution in [0.3, 0.4) is 0 Å². The van der Waals surface area contributed by atoms with Gasteiger partial charge in [0.05, 0.1) is 13.2 Å². The fourth-order valence-corrected chi connectivity index (χ4v) is 13.7. The molecule has 58 heavy (non-hydrogen) atoms. The normalized spacial score (nSPS) is 14.0. The van der Waals surface area contributed by atoms with Crippen LogP contribution in [0, 0.1) is 25.7 Å². The largest absolute Gasteiger partial charge is 0.493 e. The molecule has 6 aromatic rings. The molecular formula is C55H64O2Si. The molecule has 1 aliphatic rings. The van der Waals surface area contributed by atoms with Crippen LogP contribution in [-0.4, -0.2) is 21.3 Å². The number of rotatable bonds is 19. The summed E-state index contributed by atoms with van der Waals surface area (Å²) in [7, 11) is -2.81. The topological polar surface area (TPSA) is 18.5 Å². The summed E-state index contributed by atoms with van der Waals surface area (Å²) in [5, 5.41) is 5.43. The van der Waals surface area contributed by atoms with Gasteiger partial charge in [0.2, 0.25) is 0 Å². The van der Waals surface area contributed by atoms with Crippen LogP contribution in [0.25, 0.3) is 22.3 Å². The Balaban J connectivity index is 1.28. The molecule has 2 atom stereocenters. The Hall–Kier alpha value is -4.86. The van der Waals surface area contributed by atoms with Crippen molar-refractivity contribution < 1.29 is 9.47 Å². The molecule has 3 heteroatoms. The van der Waals surface area contributed by atoms with Gasteiger partial charge in [0.25, 0.3) is 0 Å². The molecule has 0 N–H and O–H groups in total. The molecule has 0 radical (unpaired) electrons. The maximum absolute atomic E-state index is 6.47. The molecule has 0 bridgehead atoms. The molecule has 7 rings (SSSR count). The summed E-state index contributed by atoms with van der Waals surface area (Å²) in [6.07, 6.45) is 10.7. The summed E-state index contributed by atoms with van der Waals surface area (Å²) >= 11 is 0. The Kier molecular flexibility index (Phi) is 13.7. The lowest BCUT2D eigenvalue weighted by Crippen LogP contribution is -2.74. The van der Waals surface area contributed by atoms with Crippen molar-refractivity contribution in [3.05, 3.63) is 156 Å². The van der Waals surface area contributed by atoms with Crippen LogP contribution in [0.4, 0.5) is 0 Å². The minimum absolute atomic E-state index is 0.587. The minimum atomic E-state index is -2.81. The summed E-state index contributed by atoms with van der Waals surface area (Å²) in [4.78, 5) is 0. The summed E-state index contributed by atoms with van der Waals surface area (Å²) in [6.45, 7) is 15.0. The predicted octanol–water partition coefficient (Wildman–Crippen LogP) is 12.1. The lowest BCUT2D eigenvalue weighted by Gasteiger charge is -2.35. The van der Waals surface area contributed by atoms with E-state index in [2.05, 4.69) is 175 Å². The van der Waals surface area contributed by atoms with E-state index >= 15 is 0 Å². The summed E-state index contributed by atoms with van der Waals surface area (Å²) < 4.78 is 12.9. The Morgan fingerprint density at radius 3 is 1.36 bits per heavy atom. The first-order valence-electron chi connectivity index (χ1n) is 22.2. The Morgan fingerprint density at radius 1 is 0.466 bits per heavy atom. The van der Waals surface area contributed by atoms with Gasteiger partial charge in [-0.1, -0.05) is 187 Å². The third-order valence-corrected chi connectivity index (χ3v) is 17.6. The van der Waals surface area contributed by atoms with Crippen molar-refractivity contribution in [2.75, 3.05) is 13.2 Å². The highest BCUT2D eigenvalue weighted by Crippen LogP contribution is 2.39. The SMILES string of the molecule is CCCCC(CC)COc1ccc([Si](c2ccc(C)cc2)(c2ccc(OCC(CC)CCCC)cc2)c2ccc(-c3ccc4c(c3)Cc3cc(C)ccc3-4)cc2)cc1. The average Bonchev–Trinajstić information content (AvgIpc) is 3.62. The number of benzene rings is 6. The van der Waals surface area contributed by atoms with Gasteiger partial charge in [0.1, 0.15) is 11.5 Å². The molecule has 6 aromatic carbocycles. The van der Waals surface area contributed by atoms with E-state index in [1.54, 1.807) is 0 Å². The molecule has 0 heterocycles. The second kappa shape index (κ2) is 19.3. The zero-order chi connectivity index (χ0) is 40.5. The molecule has 0 saturated heterocycles. The van der Waals surface area contributed by atoms with E-state index in [-0.39, 0.29) is 0 Å². The zero-order valence-electron chi connectivity index (χ0n) is 36.0. The second-order valence-electron chi connectivity index (χ2n) is 16.9. The maximum atomic E-state index is 6.47. The predicted molar refractivity (Wildman–Crippen MR) is 251 cm³/mol. The van der Waals surface area contributed by atoms with Gasteiger partial charge in [-0.15, -0.1) is 0 Å². The smallest absolute Gasteiger partial charge is 0.179 e. The quantitative estimate of drug-likeness (QED) is 0.0601. The molecule has 0 fully saturated rings. The van der Waals surface area contributed by atoms with Crippen LogP contribution in [0.15, 0.2) is 133 Å². The van der Waals surface area contributed by atoms with Gasteiger partial charge >= 0.3 is 0 Å². The van der Waals surface area contributed by atoms with Crippen LogP contribution in [-0.2, 0) is 6.42 Å². The molecule has 0 saturated carbocycles. The van der Waals surface area contributed by atoms with Gasteiger partial charge in [-0.3, -0.25) is 0 Å². The molecular weight excluding hydrogens is 721 g/mol. The molecule has 2 unspecified atom stereocenters. The Bertz CT molecular complexity index is 2150. The first-order chi connectivity index (χ1) is 28.4. The van der Waals surface area contributed by atoms with E-state index in [1.165, 1.54) is 104 Å². The standard InChI is InChI=1S/C55H64O2Si/c1-7-11-13-42(9-3)38-56-48-21-29-52(30-22-48)58(50-25-15-40(5)16-26-50,53-31-23-49(24-32-53)57-39-43(10-4)14-12-8-2)51-27-18-44(19-28-51)45-20-34-55-47(36-45)37-46-35-41(6)17-33-54(46)55/h15-36,42-43H,7-14,37-39H2,1-6H3. The molecule has 2 nitrogen and oxygen atoms in total. The lowest BCUT2D eigenvalue weighted by atomic mass is 9.99. The molecule has 1 aliphatic carbocycles. The summed E-state index contributed by atoms with van der Waals surface area (Å²) in [5.41, 5.74) is 10.7. The van der Waals surface area contributed by atoms with Crippen molar-refractivity contribution in [2.24, 2.45) is 11.8 Å². The number of unbranched alkanes of at least 4 members (excludes halogenated alkanes) is 2. The fraction of sp³-hybridized carbons (Fsp3) is 0.345. The van der Waals surface area contributed by atoms with E-state index in [0.717, 1.165) is 44.0 Å². The van der Waals surface area contributed by atoms with E-state index in [4.69, 9.17) is 9.47 Å². The van der Waals surface area contributed by atoms with E-state index in [9.17, 15) is 0 Å². The van der Waals surface area contributed by atoms with Gasteiger partial charge < -0.3 is 9.47 Å².